The Kier molecular flexibility index (Phi) is 34.4. The Hall–Kier alpha value is -3.61. The van der Waals surface area contributed by atoms with Crippen molar-refractivity contribution in [2.24, 2.45) is 11.5 Å². The van der Waals surface area contributed by atoms with E-state index in [-0.39, 0.29) is 5.78 Å². The van der Waals surface area contributed by atoms with Gasteiger partial charge in [0.05, 0.1) is 0 Å². The maximum atomic E-state index is 11.8. The summed E-state index contributed by atoms with van der Waals surface area (Å²) in [6.07, 6.45) is 0. The van der Waals surface area contributed by atoms with Crippen molar-refractivity contribution in [2.45, 2.75) is 0 Å². The average molecular weight is 493 g/mol. The van der Waals surface area contributed by atoms with Crippen LogP contribution in [0.5, 0.6) is 0 Å². The van der Waals surface area contributed by atoms with Gasteiger partial charge in [-0.2, -0.15) is 0 Å². The monoisotopic (exact) mass is 492 g/mol. The van der Waals surface area contributed by atoms with Gasteiger partial charge in [-0.1, -0.05) is 133 Å². The number of ketones is 1. The maximum absolute atomic E-state index is 11.8. The normalized spacial score (nSPS) is 7.78. The zero-order valence-electron chi connectivity index (χ0n) is 22.6. The van der Waals surface area contributed by atoms with Crippen LogP contribution in [0.2, 0.25) is 0 Å². The first kappa shape index (κ1) is 36.9. The number of rotatable bonds is 2. The third kappa shape index (κ3) is 25.0. The lowest BCUT2D eigenvalue weighted by molar-refractivity contribution is 0.103. The number of nitrogens with two attached hydrogens (primary N) is 2. The molecule has 0 heterocycles. The van der Waals surface area contributed by atoms with Crippen LogP contribution in [0.4, 0.5) is 0 Å². The van der Waals surface area contributed by atoms with E-state index >= 15 is 0 Å². The van der Waals surface area contributed by atoms with Gasteiger partial charge in [0.15, 0.2) is 5.78 Å². The molecule has 0 aliphatic carbocycles. The highest BCUT2D eigenvalue weighted by atomic mass is 16.5. The standard InChI is InChI=1S/C13H10O.2C6H6.2C2H6O.2CH5N/c14-13(11-7-3-1-4-8-11)12-9-5-2-6-10-12;2*1-2-4-6-5-3-1;2*1-3-2;2*1-2/h1-10H;2*1-6H;2*1-2H3;2*2H2,1H3. The SMILES string of the molecule is CN.CN.COC.COC.O=C(c1ccccc1)c1ccccc1.c1ccccc1.c1ccccc1. The van der Waals surface area contributed by atoms with Crippen LogP contribution in [-0.4, -0.2) is 48.3 Å². The molecule has 4 aromatic carbocycles. The smallest absolute Gasteiger partial charge is 0.193 e. The minimum absolute atomic E-state index is 0.0752. The van der Waals surface area contributed by atoms with Crippen LogP contribution in [0.15, 0.2) is 133 Å². The molecule has 0 saturated carbocycles. The molecule has 0 saturated heterocycles. The maximum Gasteiger partial charge on any atom is 0.193 e. The number of hydrogen-bond donors (Lipinski definition) is 2. The minimum atomic E-state index is 0.0752. The molecular weight excluding hydrogens is 448 g/mol. The summed E-state index contributed by atoms with van der Waals surface area (Å²) in [5.41, 5.74) is 10.5. The van der Waals surface area contributed by atoms with E-state index in [0.29, 0.717) is 0 Å². The van der Waals surface area contributed by atoms with Gasteiger partial charge in [-0.3, -0.25) is 4.79 Å². The number of hydrogen-bond acceptors (Lipinski definition) is 5. The van der Waals surface area contributed by atoms with Crippen molar-refractivity contribution in [2.75, 3.05) is 42.5 Å². The van der Waals surface area contributed by atoms with Crippen LogP contribution in [0.3, 0.4) is 0 Å². The van der Waals surface area contributed by atoms with E-state index in [1.165, 1.54) is 14.1 Å². The van der Waals surface area contributed by atoms with Crippen LogP contribution < -0.4 is 11.5 Å². The predicted molar refractivity (Wildman–Crippen MR) is 155 cm³/mol. The van der Waals surface area contributed by atoms with Crippen molar-refractivity contribution < 1.29 is 14.3 Å². The van der Waals surface area contributed by atoms with Crippen LogP contribution in [0.25, 0.3) is 0 Å². The highest BCUT2D eigenvalue weighted by Gasteiger charge is 2.06. The third-order valence-electron chi connectivity index (χ3n) is 3.41. The van der Waals surface area contributed by atoms with Crippen LogP contribution in [0.1, 0.15) is 15.9 Å². The van der Waals surface area contributed by atoms with E-state index in [1.54, 1.807) is 28.4 Å². The van der Waals surface area contributed by atoms with Crippen molar-refractivity contribution in [3.05, 3.63) is 145 Å². The molecule has 36 heavy (non-hydrogen) atoms. The summed E-state index contributed by atoms with van der Waals surface area (Å²) >= 11 is 0. The lowest BCUT2D eigenvalue weighted by Gasteiger charge is -1.99. The molecule has 0 bridgehead atoms. The minimum Gasteiger partial charge on any atom is -0.388 e. The zero-order valence-corrected chi connectivity index (χ0v) is 22.6. The molecule has 0 unspecified atom stereocenters. The molecule has 0 aliphatic rings. The zero-order chi connectivity index (χ0) is 27.7. The molecule has 4 N–H and O–H groups in total. The predicted octanol–water partition coefficient (Wildman–Crippen LogP) is 5.97. The first-order valence-corrected chi connectivity index (χ1v) is 11.3. The van der Waals surface area contributed by atoms with Crippen molar-refractivity contribution >= 4 is 5.78 Å². The van der Waals surface area contributed by atoms with Gasteiger partial charge in [0.25, 0.3) is 0 Å². The van der Waals surface area contributed by atoms with E-state index < -0.39 is 0 Å². The van der Waals surface area contributed by atoms with E-state index in [2.05, 4.69) is 20.9 Å². The molecule has 4 rings (SSSR count). The molecule has 4 aromatic rings. The fourth-order valence-electron chi connectivity index (χ4n) is 2.12. The lowest BCUT2D eigenvalue weighted by atomic mass is 10.0. The van der Waals surface area contributed by atoms with Crippen LogP contribution in [0, 0.1) is 0 Å². The Morgan fingerprint density at radius 1 is 0.417 bits per heavy atom. The molecule has 0 aromatic heterocycles. The van der Waals surface area contributed by atoms with E-state index in [4.69, 9.17) is 0 Å². The Labute approximate surface area is 218 Å². The second kappa shape index (κ2) is 33.6. The van der Waals surface area contributed by atoms with Crippen molar-refractivity contribution in [1.82, 2.24) is 0 Å². The third-order valence-corrected chi connectivity index (χ3v) is 3.41. The number of methoxy groups -OCH3 is 2. The van der Waals surface area contributed by atoms with Gasteiger partial charge >= 0.3 is 0 Å². The van der Waals surface area contributed by atoms with E-state index in [0.717, 1.165) is 11.1 Å². The Morgan fingerprint density at radius 3 is 0.722 bits per heavy atom. The van der Waals surface area contributed by atoms with Gasteiger partial charge in [-0.15, -0.1) is 0 Å². The van der Waals surface area contributed by atoms with Gasteiger partial charge in [-0.25, -0.2) is 0 Å². The molecule has 0 amide bonds. The molecule has 0 atom stereocenters. The summed E-state index contributed by atoms with van der Waals surface area (Å²) in [5.74, 6) is 0.0752. The second-order valence-corrected chi connectivity index (χ2v) is 6.19. The lowest BCUT2D eigenvalue weighted by Crippen LogP contribution is -1.99. The van der Waals surface area contributed by atoms with Gasteiger partial charge in [0.1, 0.15) is 0 Å². The summed E-state index contributed by atoms with van der Waals surface area (Å²) in [5, 5.41) is 0. The van der Waals surface area contributed by atoms with E-state index in [1.807, 2.05) is 133 Å². The molecule has 0 fully saturated rings. The highest BCUT2D eigenvalue weighted by Crippen LogP contribution is 2.08. The quantitative estimate of drug-likeness (QED) is 0.337. The number of carbonyl (C=O) groups excluding carboxylic acids is 1. The second-order valence-electron chi connectivity index (χ2n) is 6.19. The highest BCUT2D eigenvalue weighted by molar-refractivity contribution is 6.08. The molecule has 0 radical (unpaired) electrons. The largest absolute Gasteiger partial charge is 0.388 e. The topological polar surface area (TPSA) is 87.6 Å². The van der Waals surface area contributed by atoms with Gasteiger partial charge in [-0.05, 0) is 14.1 Å². The molecule has 5 heteroatoms. The van der Waals surface area contributed by atoms with E-state index in [9.17, 15) is 4.79 Å². The van der Waals surface area contributed by atoms with Crippen LogP contribution >= 0.6 is 0 Å². The Morgan fingerprint density at radius 2 is 0.556 bits per heavy atom. The summed E-state index contributed by atoms with van der Waals surface area (Å²) in [4.78, 5) is 11.8. The summed E-state index contributed by atoms with van der Waals surface area (Å²) in [7, 11) is 9.50. The van der Waals surface area contributed by atoms with Crippen molar-refractivity contribution in [3.8, 4) is 0 Å². The Balaban J connectivity index is -0.000000416. The number of carbonyl (C=O) groups is 1. The van der Waals surface area contributed by atoms with Gasteiger partial charge < -0.3 is 20.9 Å². The van der Waals surface area contributed by atoms with Crippen LogP contribution in [-0.2, 0) is 9.47 Å². The molecule has 0 spiro atoms. The fourth-order valence-corrected chi connectivity index (χ4v) is 2.12. The van der Waals surface area contributed by atoms with Crippen molar-refractivity contribution in [3.63, 3.8) is 0 Å². The fraction of sp³-hybridized carbons (Fsp3) is 0.194. The molecule has 0 aliphatic heterocycles. The average Bonchev–Trinajstić information content (AvgIpc) is 2.99. The summed E-state index contributed by atoms with van der Waals surface area (Å²) < 4.78 is 8.50. The molecular formula is C31H44N2O3. The van der Waals surface area contributed by atoms with Gasteiger partial charge in [0.2, 0.25) is 0 Å². The first-order chi connectivity index (χ1) is 17.7. The van der Waals surface area contributed by atoms with Gasteiger partial charge in [0, 0.05) is 39.6 Å². The summed E-state index contributed by atoms with van der Waals surface area (Å²) in [6, 6.07) is 42.6. The summed E-state index contributed by atoms with van der Waals surface area (Å²) in [6.45, 7) is 0. The molecule has 5 nitrogen and oxygen atoms in total. The first-order valence-electron chi connectivity index (χ1n) is 11.3. The molecule has 196 valence electrons. The number of ether oxygens (including phenoxy) is 2. The van der Waals surface area contributed by atoms with Crippen molar-refractivity contribution in [1.29, 1.82) is 0 Å². The Bertz CT molecular complexity index is 748. The number of benzene rings is 4.